The summed E-state index contributed by atoms with van der Waals surface area (Å²) >= 11 is 10.4. The summed E-state index contributed by atoms with van der Waals surface area (Å²) in [4.78, 5) is 40.4. The number of aromatic hydroxyl groups is 1. The van der Waals surface area contributed by atoms with Crippen molar-refractivity contribution in [3.63, 3.8) is 0 Å². The normalized spacial score (nSPS) is 13.0. The van der Waals surface area contributed by atoms with Gasteiger partial charge in [0, 0.05) is 77.0 Å². The Labute approximate surface area is 496 Å². The highest BCUT2D eigenvalue weighted by Gasteiger charge is 2.26. The van der Waals surface area contributed by atoms with E-state index in [-0.39, 0.29) is 29.8 Å². The summed E-state index contributed by atoms with van der Waals surface area (Å²) in [5.41, 5.74) is 5.85. The zero-order chi connectivity index (χ0) is 57.8. The maximum atomic E-state index is 12.5. The first-order chi connectivity index (χ1) is 38.1. The van der Waals surface area contributed by atoms with Crippen molar-refractivity contribution >= 4 is 66.2 Å². The predicted molar refractivity (Wildman–Crippen MR) is 329 cm³/mol. The van der Waals surface area contributed by atoms with Crippen molar-refractivity contribution < 1.29 is 33.6 Å². The van der Waals surface area contributed by atoms with Crippen molar-refractivity contribution in [1.29, 1.82) is 0 Å². The van der Waals surface area contributed by atoms with Gasteiger partial charge in [0.25, 0.3) is 0 Å². The van der Waals surface area contributed by atoms with Crippen molar-refractivity contribution in [3.8, 4) is 23.1 Å². The van der Waals surface area contributed by atoms with Crippen LogP contribution in [-0.4, -0.2) is 88.2 Å². The summed E-state index contributed by atoms with van der Waals surface area (Å²) in [6.07, 6.45) is 9.90. The molecule has 0 saturated heterocycles. The number of benzene rings is 6. The highest BCUT2D eigenvalue weighted by Crippen LogP contribution is 2.34. The van der Waals surface area contributed by atoms with Gasteiger partial charge in [0.2, 0.25) is 11.8 Å². The van der Waals surface area contributed by atoms with Gasteiger partial charge < -0.3 is 39.2 Å². The van der Waals surface area contributed by atoms with Crippen LogP contribution in [0, 0.1) is 0 Å². The van der Waals surface area contributed by atoms with Gasteiger partial charge in [0.05, 0.1) is 18.9 Å². The second kappa shape index (κ2) is 30.0. The Morgan fingerprint density at radius 3 is 1.32 bits per heavy atom. The van der Waals surface area contributed by atoms with Gasteiger partial charge in [-0.15, -0.1) is 0 Å². The molecule has 3 unspecified atom stereocenters. The molecule has 2 heterocycles. The van der Waals surface area contributed by atoms with Gasteiger partial charge in [-0.1, -0.05) is 134 Å². The number of phenolic OH excluding ortho intramolecular Hbond substituents is 1. The minimum atomic E-state index is -0.544. The Morgan fingerprint density at radius 1 is 0.575 bits per heavy atom. The number of amides is 2. The summed E-state index contributed by atoms with van der Waals surface area (Å²) in [7, 11) is 3.49. The van der Waals surface area contributed by atoms with Crippen LogP contribution < -0.4 is 14.8 Å². The fourth-order valence-electron chi connectivity index (χ4n) is 8.33. The van der Waals surface area contributed by atoms with Gasteiger partial charge in [-0.05, 0) is 154 Å². The first-order valence-corrected chi connectivity index (χ1v) is 28.7. The largest absolute Gasteiger partial charge is 0.508 e. The Morgan fingerprint density at radius 2 is 0.963 bits per heavy atom. The third kappa shape index (κ3) is 20.6. The van der Waals surface area contributed by atoms with Crippen LogP contribution in [0.1, 0.15) is 112 Å². The molecular weight excluding hydrogens is 1200 g/mol. The zero-order valence-electron chi connectivity index (χ0n) is 46.8. The van der Waals surface area contributed by atoms with E-state index < -0.39 is 11.2 Å². The standard InChI is InChI=1S/C24H26BrN3O3.C20H21BrN2O.C20H24BrNO3/c1-24(2,3)31-23(29)28(4)16-21(17-5-9-19(25)10-6-17)18-7-11-20(12-8-18)30-22-15-26-13-14-27-22;1-2-3-19(15-4-8-17(21)9-5-15)16-6-10-18(11-7-16)24-20-14-22-12-13-23-20;1-20(2,3)25-19(24)22(4)13-18(14-5-9-16(21)10-6-14)15-7-11-17(23)12-8-15/h5-15,21H,16H2,1-4H3;4-11,13-14,19,22H,2-3,12H2,1H3;5-12,18,23H,13H2,1-4H3. The quantitative estimate of drug-likeness (QED) is 0.0958. The number of halogens is 3. The highest BCUT2D eigenvalue weighted by atomic mass is 79.9. The van der Waals surface area contributed by atoms with E-state index in [1.807, 2.05) is 126 Å². The van der Waals surface area contributed by atoms with Gasteiger partial charge in [0.1, 0.15) is 28.5 Å². The average Bonchev–Trinajstić information content (AvgIpc) is 3.43. The number of hydrogen-bond donors (Lipinski definition) is 2. The molecule has 0 fully saturated rings. The van der Waals surface area contributed by atoms with E-state index in [9.17, 15) is 14.7 Å². The zero-order valence-corrected chi connectivity index (χ0v) is 51.5. The number of hydrogen-bond acceptors (Lipinski definition) is 11. The fraction of sp³-hybridized carbons (Fsp3) is 0.297. The summed E-state index contributed by atoms with van der Waals surface area (Å²) in [6, 6.07) is 48.0. The number of likely N-dealkylation sites (N-methyl/N-ethyl adjacent to an activating group) is 2. The molecular formula is C64H71Br3N6O7. The third-order valence-corrected chi connectivity index (χ3v) is 13.8. The van der Waals surface area contributed by atoms with Gasteiger partial charge in [0.15, 0.2) is 0 Å². The van der Waals surface area contributed by atoms with E-state index in [0.29, 0.717) is 36.5 Å². The monoisotopic (exact) mass is 1270 g/mol. The minimum absolute atomic E-state index is 0.0220. The van der Waals surface area contributed by atoms with E-state index in [1.54, 1.807) is 67.0 Å². The molecule has 1 aromatic heterocycles. The molecule has 0 spiro atoms. The SMILES string of the molecule is CCCC(c1ccc(Br)cc1)c1ccc(OC2=CNCC=N2)cc1.CN(CC(c1ccc(Br)cc1)c1ccc(Oc2cnccn2)cc1)C(=O)OC(C)(C)C.CN(CC(c1ccc(O)cc1)c1ccc(Br)cc1)C(=O)OC(C)(C)C. The van der Waals surface area contributed by atoms with Crippen LogP contribution in [0.3, 0.4) is 0 Å². The van der Waals surface area contributed by atoms with Crippen LogP contribution in [-0.2, 0) is 9.47 Å². The number of aliphatic imine (C=N–C) groups is 1. The molecule has 0 radical (unpaired) electrons. The Hall–Kier alpha value is -7.01. The second-order valence-corrected chi connectivity index (χ2v) is 23.7. The second-order valence-electron chi connectivity index (χ2n) is 21.0. The molecule has 0 saturated carbocycles. The lowest BCUT2D eigenvalue weighted by molar-refractivity contribution is 0.0283. The van der Waals surface area contributed by atoms with Crippen molar-refractivity contribution in [2.45, 2.75) is 90.3 Å². The highest BCUT2D eigenvalue weighted by molar-refractivity contribution is 9.11. The Bertz CT molecular complexity index is 3030. The number of nitrogens with zero attached hydrogens (tertiary/aromatic N) is 5. The molecule has 3 atom stereocenters. The van der Waals surface area contributed by atoms with Crippen LogP contribution in [0.4, 0.5) is 9.59 Å². The summed E-state index contributed by atoms with van der Waals surface area (Å²) < 4.78 is 25.6. The molecule has 7 aromatic rings. The number of aromatic nitrogens is 2. The van der Waals surface area contributed by atoms with Crippen molar-refractivity contribution in [2.75, 3.05) is 33.7 Å². The topological polar surface area (TPSA) is 148 Å². The minimum Gasteiger partial charge on any atom is -0.508 e. The van der Waals surface area contributed by atoms with Crippen LogP contribution in [0.15, 0.2) is 195 Å². The van der Waals surface area contributed by atoms with Crippen molar-refractivity contribution in [3.05, 3.63) is 223 Å². The summed E-state index contributed by atoms with van der Waals surface area (Å²) in [5, 5.41) is 12.6. The maximum Gasteiger partial charge on any atom is 0.410 e. The number of ether oxygens (including phenoxy) is 4. The van der Waals surface area contributed by atoms with Crippen LogP contribution >= 0.6 is 47.8 Å². The van der Waals surface area contributed by atoms with Crippen molar-refractivity contribution in [1.82, 2.24) is 25.1 Å². The van der Waals surface area contributed by atoms with E-state index >= 15 is 0 Å². The molecule has 2 N–H and O–H groups in total. The molecule has 1 aliphatic heterocycles. The first-order valence-electron chi connectivity index (χ1n) is 26.3. The van der Waals surface area contributed by atoms with Gasteiger partial charge in [-0.25, -0.2) is 19.6 Å². The number of phenols is 1. The van der Waals surface area contributed by atoms with Crippen LogP contribution in [0.5, 0.6) is 23.1 Å². The molecule has 0 bridgehead atoms. The lowest BCUT2D eigenvalue weighted by Gasteiger charge is -2.28. The Balaban J connectivity index is 0.000000196. The first kappa shape index (κ1) is 62.2. The van der Waals surface area contributed by atoms with Crippen molar-refractivity contribution in [2.24, 2.45) is 4.99 Å². The smallest absolute Gasteiger partial charge is 0.410 e. The third-order valence-electron chi connectivity index (χ3n) is 12.2. The molecule has 2 amide bonds. The van der Waals surface area contributed by atoms with E-state index in [2.05, 4.69) is 124 Å². The lowest BCUT2D eigenvalue weighted by Crippen LogP contribution is -2.36. The Kier molecular flexibility index (Phi) is 23.3. The number of carbonyl (C=O) groups is 2. The molecule has 1 aliphatic rings. The fourth-order valence-corrected chi connectivity index (χ4v) is 9.13. The molecule has 16 heteroatoms. The van der Waals surface area contributed by atoms with Crippen LogP contribution in [0.25, 0.3) is 0 Å². The van der Waals surface area contributed by atoms with E-state index in [1.165, 1.54) is 11.1 Å². The molecule has 8 rings (SSSR count). The van der Waals surface area contributed by atoms with Gasteiger partial charge in [-0.2, -0.15) is 0 Å². The number of rotatable bonds is 16. The van der Waals surface area contributed by atoms with E-state index in [0.717, 1.165) is 60.8 Å². The average molecular weight is 1280 g/mol. The maximum absolute atomic E-state index is 12.5. The molecule has 6 aromatic carbocycles. The van der Waals surface area contributed by atoms with Gasteiger partial charge >= 0.3 is 12.2 Å². The lowest BCUT2D eigenvalue weighted by atomic mass is 9.88. The predicted octanol–water partition coefficient (Wildman–Crippen LogP) is 16.4. The van der Waals surface area contributed by atoms with Crippen LogP contribution in [0.2, 0.25) is 0 Å². The van der Waals surface area contributed by atoms with E-state index in [4.69, 9.17) is 18.9 Å². The number of nitrogens with one attached hydrogen (secondary N) is 1. The molecule has 80 heavy (non-hydrogen) atoms. The summed E-state index contributed by atoms with van der Waals surface area (Å²) in [6.45, 7) is 15.1. The molecule has 0 aliphatic carbocycles. The number of carbonyl (C=O) groups excluding carboxylic acids is 2. The molecule has 13 nitrogen and oxygen atoms in total. The molecule has 420 valence electrons. The van der Waals surface area contributed by atoms with Gasteiger partial charge in [-0.3, -0.25) is 4.98 Å². The summed E-state index contributed by atoms with van der Waals surface area (Å²) in [5.74, 6) is 3.07.